The molecule has 0 aromatic rings. The highest BCUT2D eigenvalue weighted by atomic mass is 28.3. The standard InChI is InChI=1S/C12H25NO2Si/c1-9-4-5-11-10(8-9)6-7-13-12(11)16(14-2)15-3/h9-13,16H,4-8H2,1-3H3. The fourth-order valence-electron chi connectivity index (χ4n) is 3.60. The second-order valence-electron chi connectivity index (χ2n) is 5.45. The van der Waals surface area contributed by atoms with Crippen molar-refractivity contribution < 1.29 is 8.85 Å². The lowest BCUT2D eigenvalue weighted by molar-refractivity contribution is 0.112. The molecule has 0 bridgehead atoms. The Hall–Kier alpha value is 0.0969. The molecule has 2 aliphatic rings. The first-order valence-electron chi connectivity index (χ1n) is 6.55. The van der Waals surface area contributed by atoms with Crippen LogP contribution < -0.4 is 5.32 Å². The van der Waals surface area contributed by atoms with Crippen LogP contribution in [0, 0.1) is 17.8 Å². The van der Waals surface area contributed by atoms with Gasteiger partial charge in [-0.2, -0.15) is 0 Å². The molecule has 1 aliphatic heterocycles. The van der Waals surface area contributed by atoms with Crippen molar-refractivity contribution in [2.75, 3.05) is 20.8 Å². The van der Waals surface area contributed by atoms with E-state index in [-0.39, 0.29) is 0 Å². The SMILES string of the molecule is CO[SiH](OC)C1NCCC2CC(C)CCC21. The molecule has 0 aromatic heterocycles. The molecule has 1 saturated heterocycles. The van der Waals surface area contributed by atoms with Crippen molar-refractivity contribution in [1.29, 1.82) is 0 Å². The summed E-state index contributed by atoms with van der Waals surface area (Å²) in [6.07, 6.45) is 5.51. The monoisotopic (exact) mass is 243 g/mol. The van der Waals surface area contributed by atoms with Crippen LogP contribution in [-0.4, -0.2) is 35.7 Å². The molecule has 4 unspecified atom stereocenters. The van der Waals surface area contributed by atoms with Gasteiger partial charge in [-0.15, -0.1) is 0 Å². The second-order valence-corrected chi connectivity index (χ2v) is 7.85. The number of hydrogen-bond acceptors (Lipinski definition) is 3. The molecule has 1 heterocycles. The van der Waals surface area contributed by atoms with Gasteiger partial charge in [0.25, 0.3) is 0 Å². The first kappa shape index (κ1) is 12.6. The van der Waals surface area contributed by atoms with Gasteiger partial charge in [-0.05, 0) is 43.6 Å². The van der Waals surface area contributed by atoms with Crippen molar-refractivity contribution in [3.05, 3.63) is 0 Å². The summed E-state index contributed by atoms with van der Waals surface area (Å²) in [6, 6.07) is 0. The summed E-state index contributed by atoms with van der Waals surface area (Å²) >= 11 is 0. The van der Waals surface area contributed by atoms with Gasteiger partial charge in [0.2, 0.25) is 0 Å². The van der Waals surface area contributed by atoms with Crippen molar-refractivity contribution in [3.63, 3.8) is 0 Å². The molecule has 3 nitrogen and oxygen atoms in total. The summed E-state index contributed by atoms with van der Waals surface area (Å²) in [6.45, 7) is 3.55. The maximum atomic E-state index is 5.57. The van der Waals surface area contributed by atoms with Crippen LogP contribution in [0.5, 0.6) is 0 Å². The van der Waals surface area contributed by atoms with Crippen LogP contribution in [0.4, 0.5) is 0 Å². The smallest absolute Gasteiger partial charge is 0.338 e. The van der Waals surface area contributed by atoms with Crippen LogP contribution >= 0.6 is 0 Å². The minimum absolute atomic E-state index is 0.529. The molecule has 1 aliphatic carbocycles. The predicted octanol–water partition coefficient (Wildman–Crippen LogP) is 1.45. The highest BCUT2D eigenvalue weighted by Gasteiger charge is 2.41. The molecule has 1 saturated carbocycles. The van der Waals surface area contributed by atoms with E-state index in [9.17, 15) is 0 Å². The van der Waals surface area contributed by atoms with E-state index in [4.69, 9.17) is 8.85 Å². The third-order valence-corrected chi connectivity index (χ3v) is 6.66. The molecule has 2 rings (SSSR count). The van der Waals surface area contributed by atoms with Crippen LogP contribution in [0.1, 0.15) is 32.6 Å². The number of nitrogens with one attached hydrogen (secondary N) is 1. The minimum Gasteiger partial charge on any atom is -0.399 e. The van der Waals surface area contributed by atoms with E-state index < -0.39 is 9.28 Å². The van der Waals surface area contributed by atoms with E-state index >= 15 is 0 Å². The zero-order valence-corrected chi connectivity index (χ0v) is 11.9. The van der Waals surface area contributed by atoms with Gasteiger partial charge in [-0.1, -0.05) is 13.3 Å². The summed E-state index contributed by atoms with van der Waals surface area (Å²) in [5.74, 6) is 2.64. The Morgan fingerprint density at radius 3 is 2.56 bits per heavy atom. The molecule has 94 valence electrons. The molecular formula is C12H25NO2Si. The third-order valence-electron chi connectivity index (χ3n) is 4.42. The first-order valence-corrected chi connectivity index (χ1v) is 8.16. The van der Waals surface area contributed by atoms with Crippen molar-refractivity contribution in [3.8, 4) is 0 Å². The van der Waals surface area contributed by atoms with Gasteiger partial charge < -0.3 is 14.2 Å². The molecular weight excluding hydrogens is 218 g/mol. The largest absolute Gasteiger partial charge is 0.399 e. The lowest BCUT2D eigenvalue weighted by Gasteiger charge is -2.45. The summed E-state index contributed by atoms with van der Waals surface area (Å²) in [4.78, 5) is 0. The average molecular weight is 243 g/mol. The van der Waals surface area contributed by atoms with Gasteiger partial charge in [-0.25, -0.2) is 0 Å². The van der Waals surface area contributed by atoms with Crippen molar-refractivity contribution in [2.45, 2.75) is 38.3 Å². The lowest BCUT2D eigenvalue weighted by atomic mass is 9.71. The summed E-state index contributed by atoms with van der Waals surface area (Å²) in [5, 5.41) is 3.65. The Morgan fingerprint density at radius 1 is 1.12 bits per heavy atom. The van der Waals surface area contributed by atoms with Crippen LogP contribution in [0.25, 0.3) is 0 Å². The summed E-state index contributed by atoms with van der Waals surface area (Å²) in [7, 11) is 2.11. The van der Waals surface area contributed by atoms with Crippen molar-refractivity contribution in [1.82, 2.24) is 5.32 Å². The highest BCUT2D eigenvalue weighted by Crippen LogP contribution is 2.40. The molecule has 0 amide bonds. The fraction of sp³-hybridized carbons (Fsp3) is 1.00. The highest BCUT2D eigenvalue weighted by molar-refractivity contribution is 6.46. The van der Waals surface area contributed by atoms with Gasteiger partial charge >= 0.3 is 9.28 Å². The van der Waals surface area contributed by atoms with Gasteiger partial charge in [0, 0.05) is 14.2 Å². The molecule has 1 N–H and O–H groups in total. The van der Waals surface area contributed by atoms with Crippen molar-refractivity contribution >= 4 is 9.28 Å². The predicted molar refractivity (Wildman–Crippen MR) is 67.6 cm³/mol. The first-order chi connectivity index (χ1) is 7.76. The Labute approximate surface area is 101 Å². The average Bonchev–Trinajstić information content (AvgIpc) is 2.30. The fourth-order valence-corrected chi connectivity index (χ4v) is 5.65. The quantitative estimate of drug-likeness (QED) is 0.761. The minimum atomic E-state index is -1.50. The molecule has 0 aromatic carbocycles. The van der Waals surface area contributed by atoms with Gasteiger partial charge in [0.1, 0.15) is 0 Å². The maximum Gasteiger partial charge on any atom is 0.338 e. The van der Waals surface area contributed by atoms with Crippen LogP contribution in [0.15, 0.2) is 0 Å². The zero-order valence-electron chi connectivity index (χ0n) is 10.7. The maximum absolute atomic E-state index is 5.57. The number of fused-ring (bicyclic) bond motifs is 1. The molecule has 16 heavy (non-hydrogen) atoms. The Bertz CT molecular complexity index is 223. The normalized spacial score (nSPS) is 39.8. The number of hydrogen-bond donors (Lipinski definition) is 1. The van der Waals surface area contributed by atoms with Crippen LogP contribution in [0.3, 0.4) is 0 Å². The number of piperidine rings is 1. The molecule has 4 heteroatoms. The Morgan fingerprint density at radius 2 is 1.88 bits per heavy atom. The Balaban J connectivity index is 2.03. The van der Waals surface area contributed by atoms with E-state index in [2.05, 4.69) is 12.2 Å². The molecule has 4 atom stereocenters. The van der Waals surface area contributed by atoms with E-state index in [1.54, 1.807) is 14.2 Å². The van der Waals surface area contributed by atoms with Gasteiger partial charge in [0.05, 0.1) is 5.67 Å². The van der Waals surface area contributed by atoms with Crippen molar-refractivity contribution in [2.24, 2.45) is 17.8 Å². The zero-order chi connectivity index (χ0) is 11.5. The van der Waals surface area contributed by atoms with Gasteiger partial charge in [0.15, 0.2) is 0 Å². The number of rotatable bonds is 3. The van der Waals surface area contributed by atoms with E-state index in [0.29, 0.717) is 5.67 Å². The summed E-state index contributed by atoms with van der Waals surface area (Å²) < 4.78 is 11.1. The molecule has 2 fully saturated rings. The molecule has 0 spiro atoms. The van der Waals surface area contributed by atoms with E-state index in [1.807, 2.05) is 0 Å². The second kappa shape index (κ2) is 5.62. The van der Waals surface area contributed by atoms with E-state index in [1.165, 1.54) is 25.7 Å². The molecule has 0 radical (unpaired) electrons. The lowest BCUT2D eigenvalue weighted by Crippen LogP contribution is -2.57. The van der Waals surface area contributed by atoms with E-state index in [0.717, 1.165) is 24.3 Å². The topological polar surface area (TPSA) is 30.5 Å². The Kier molecular flexibility index (Phi) is 4.41. The summed E-state index contributed by atoms with van der Waals surface area (Å²) in [5.41, 5.74) is 0.529. The van der Waals surface area contributed by atoms with Crippen LogP contribution in [0.2, 0.25) is 0 Å². The third kappa shape index (κ3) is 2.50. The van der Waals surface area contributed by atoms with Gasteiger partial charge in [-0.3, -0.25) is 0 Å². The van der Waals surface area contributed by atoms with Crippen LogP contribution in [-0.2, 0) is 8.85 Å².